The molecule has 5 heteroatoms. The molecular formula is C14H22N2O2S. The van der Waals surface area contributed by atoms with Gasteiger partial charge in [-0.3, -0.25) is 9.59 Å². The molecule has 0 radical (unpaired) electrons. The molecule has 4 nitrogen and oxygen atoms in total. The molecule has 1 N–H and O–H groups in total. The van der Waals surface area contributed by atoms with E-state index < -0.39 is 5.54 Å². The van der Waals surface area contributed by atoms with Crippen molar-refractivity contribution in [1.29, 1.82) is 0 Å². The van der Waals surface area contributed by atoms with Gasteiger partial charge in [0.1, 0.15) is 5.54 Å². The Labute approximate surface area is 119 Å². The number of nitrogens with zero attached hydrogens (tertiary/aromatic N) is 1. The summed E-state index contributed by atoms with van der Waals surface area (Å²) in [7, 11) is 0. The topological polar surface area (TPSA) is 49.4 Å². The predicted octanol–water partition coefficient (Wildman–Crippen LogP) is 1.57. The van der Waals surface area contributed by atoms with Gasteiger partial charge in [0.05, 0.1) is 6.54 Å². The molecule has 106 valence electrons. The van der Waals surface area contributed by atoms with Crippen LogP contribution in [0.15, 0.2) is 12.7 Å². The molecule has 1 saturated heterocycles. The molecule has 1 aliphatic carbocycles. The zero-order chi connectivity index (χ0) is 13.7. The number of carbonyl (C=O) groups excluding carboxylic acids is 2. The molecule has 0 bridgehead atoms. The van der Waals surface area contributed by atoms with E-state index in [1.807, 2.05) is 6.08 Å². The van der Waals surface area contributed by atoms with Crippen LogP contribution in [0.1, 0.15) is 32.1 Å². The highest BCUT2D eigenvalue weighted by atomic mass is 32.2. The Morgan fingerprint density at radius 2 is 2.05 bits per heavy atom. The van der Waals surface area contributed by atoms with Gasteiger partial charge in [-0.05, 0) is 12.8 Å². The van der Waals surface area contributed by atoms with Gasteiger partial charge < -0.3 is 10.2 Å². The standard InChI is InChI=1S/C14H22N2O2S/c1-2-9-19-10-8-16-11-12(17)15-14(13(16)18)6-4-3-5-7-14/h2H,1,3-11H2,(H,15,17). The lowest BCUT2D eigenvalue weighted by Crippen LogP contribution is -2.67. The molecule has 19 heavy (non-hydrogen) atoms. The molecule has 1 aliphatic heterocycles. The summed E-state index contributed by atoms with van der Waals surface area (Å²) in [5.74, 6) is 1.88. The van der Waals surface area contributed by atoms with Crippen molar-refractivity contribution in [1.82, 2.24) is 10.2 Å². The van der Waals surface area contributed by atoms with Crippen molar-refractivity contribution in [3.05, 3.63) is 12.7 Å². The normalized spacial score (nSPS) is 22.4. The molecular weight excluding hydrogens is 260 g/mol. The fraction of sp³-hybridized carbons (Fsp3) is 0.714. The van der Waals surface area contributed by atoms with Crippen molar-refractivity contribution in [3.8, 4) is 0 Å². The first-order valence-electron chi connectivity index (χ1n) is 6.97. The minimum absolute atomic E-state index is 0.00443. The second kappa shape index (κ2) is 6.46. The zero-order valence-corrected chi connectivity index (χ0v) is 12.1. The zero-order valence-electron chi connectivity index (χ0n) is 11.3. The van der Waals surface area contributed by atoms with Gasteiger partial charge in [0, 0.05) is 18.1 Å². The van der Waals surface area contributed by atoms with E-state index in [-0.39, 0.29) is 18.4 Å². The largest absolute Gasteiger partial charge is 0.340 e. The lowest BCUT2D eigenvalue weighted by Gasteiger charge is -2.44. The maximum atomic E-state index is 12.6. The molecule has 2 rings (SSSR count). The Kier molecular flexibility index (Phi) is 4.91. The Morgan fingerprint density at radius 1 is 1.32 bits per heavy atom. The number of hydrogen-bond donors (Lipinski definition) is 1. The third kappa shape index (κ3) is 3.32. The van der Waals surface area contributed by atoms with Crippen LogP contribution < -0.4 is 5.32 Å². The second-order valence-corrected chi connectivity index (χ2v) is 6.43. The van der Waals surface area contributed by atoms with E-state index in [1.54, 1.807) is 16.7 Å². The van der Waals surface area contributed by atoms with E-state index in [9.17, 15) is 9.59 Å². The van der Waals surface area contributed by atoms with Gasteiger partial charge in [-0.15, -0.1) is 6.58 Å². The maximum Gasteiger partial charge on any atom is 0.248 e. The van der Waals surface area contributed by atoms with Crippen molar-refractivity contribution in [2.75, 3.05) is 24.6 Å². The van der Waals surface area contributed by atoms with Gasteiger partial charge in [-0.25, -0.2) is 0 Å². The Balaban J connectivity index is 1.97. The minimum atomic E-state index is -0.587. The Morgan fingerprint density at radius 3 is 2.74 bits per heavy atom. The van der Waals surface area contributed by atoms with Gasteiger partial charge >= 0.3 is 0 Å². The summed E-state index contributed by atoms with van der Waals surface area (Å²) in [6.07, 6.45) is 6.69. The third-order valence-corrected chi connectivity index (χ3v) is 4.80. The van der Waals surface area contributed by atoms with Gasteiger partial charge in [0.25, 0.3) is 0 Å². The molecule has 0 atom stereocenters. The number of thioether (sulfide) groups is 1. The quantitative estimate of drug-likeness (QED) is 0.615. The average Bonchev–Trinajstić information content (AvgIpc) is 2.41. The lowest BCUT2D eigenvalue weighted by atomic mass is 9.79. The summed E-state index contributed by atoms with van der Waals surface area (Å²) in [4.78, 5) is 26.2. The Hall–Kier alpha value is -0.970. The van der Waals surface area contributed by atoms with E-state index in [4.69, 9.17) is 0 Å². The first-order valence-corrected chi connectivity index (χ1v) is 8.12. The smallest absolute Gasteiger partial charge is 0.248 e. The van der Waals surface area contributed by atoms with Crippen LogP contribution in [0.5, 0.6) is 0 Å². The molecule has 1 saturated carbocycles. The summed E-state index contributed by atoms with van der Waals surface area (Å²) in [5.41, 5.74) is -0.587. The van der Waals surface area contributed by atoms with Crippen LogP contribution in [0.2, 0.25) is 0 Å². The van der Waals surface area contributed by atoms with E-state index in [2.05, 4.69) is 11.9 Å². The van der Waals surface area contributed by atoms with Crippen LogP contribution in [-0.4, -0.2) is 46.8 Å². The molecule has 0 aromatic rings. The van der Waals surface area contributed by atoms with Crippen molar-refractivity contribution < 1.29 is 9.59 Å². The highest BCUT2D eigenvalue weighted by molar-refractivity contribution is 7.99. The number of carbonyl (C=O) groups is 2. The highest BCUT2D eigenvalue weighted by Gasteiger charge is 2.46. The molecule has 2 fully saturated rings. The van der Waals surface area contributed by atoms with Crippen LogP contribution in [0, 0.1) is 0 Å². The molecule has 2 aliphatic rings. The van der Waals surface area contributed by atoms with E-state index >= 15 is 0 Å². The molecule has 1 heterocycles. The van der Waals surface area contributed by atoms with Crippen molar-refractivity contribution in [3.63, 3.8) is 0 Å². The van der Waals surface area contributed by atoms with Crippen LogP contribution in [0.25, 0.3) is 0 Å². The highest BCUT2D eigenvalue weighted by Crippen LogP contribution is 2.31. The second-order valence-electron chi connectivity index (χ2n) is 5.28. The van der Waals surface area contributed by atoms with Crippen LogP contribution in [-0.2, 0) is 9.59 Å². The monoisotopic (exact) mass is 282 g/mol. The summed E-state index contributed by atoms with van der Waals surface area (Å²) in [6.45, 7) is 4.55. The van der Waals surface area contributed by atoms with Crippen LogP contribution in [0.3, 0.4) is 0 Å². The predicted molar refractivity (Wildman–Crippen MR) is 78.1 cm³/mol. The fourth-order valence-electron chi connectivity index (χ4n) is 2.92. The summed E-state index contributed by atoms with van der Waals surface area (Å²) in [5, 5.41) is 2.96. The molecule has 1 spiro atoms. The lowest BCUT2D eigenvalue weighted by molar-refractivity contribution is -0.151. The number of rotatable bonds is 5. The maximum absolute atomic E-state index is 12.6. The Bertz CT molecular complexity index is 364. The average molecular weight is 282 g/mol. The summed E-state index contributed by atoms with van der Waals surface area (Å²) in [6, 6.07) is 0. The van der Waals surface area contributed by atoms with Crippen LogP contribution >= 0.6 is 11.8 Å². The number of amides is 2. The van der Waals surface area contributed by atoms with Crippen LogP contribution in [0.4, 0.5) is 0 Å². The van der Waals surface area contributed by atoms with E-state index in [1.165, 1.54) is 6.42 Å². The third-order valence-electron chi connectivity index (χ3n) is 3.86. The number of piperazine rings is 1. The molecule has 0 unspecified atom stereocenters. The number of nitrogens with one attached hydrogen (secondary N) is 1. The number of hydrogen-bond acceptors (Lipinski definition) is 3. The fourth-order valence-corrected chi connectivity index (χ4v) is 3.61. The van der Waals surface area contributed by atoms with Crippen molar-refractivity contribution in [2.24, 2.45) is 0 Å². The van der Waals surface area contributed by atoms with E-state index in [0.29, 0.717) is 6.54 Å². The first kappa shape index (κ1) is 14.4. The van der Waals surface area contributed by atoms with E-state index in [0.717, 1.165) is 37.2 Å². The van der Waals surface area contributed by atoms with Crippen molar-refractivity contribution in [2.45, 2.75) is 37.6 Å². The van der Waals surface area contributed by atoms with Gasteiger partial charge in [-0.1, -0.05) is 25.3 Å². The molecule has 0 aromatic carbocycles. The van der Waals surface area contributed by atoms with Gasteiger partial charge in [-0.2, -0.15) is 11.8 Å². The summed E-state index contributed by atoms with van der Waals surface area (Å²) < 4.78 is 0. The van der Waals surface area contributed by atoms with Gasteiger partial charge in [0.15, 0.2) is 0 Å². The first-order chi connectivity index (χ1) is 9.18. The SMILES string of the molecule is C=CCSCCN1CC(=O)NC2(CCCCC2)C1=O. The minimum Gasteiger partial charge on any atom is -0.340 e. The summed E-state index contributed by atoms with van der Waals surface area (Å²) >= 11 is 1.74. The van der Waals surface area contributed by atoms with Gasteiger partial charge in [0.2, 0.25) is 11.8 Å². The van der Waals surface area contributed by atoms with Crippen molar-refractivity contribution >= 4 is 23.6 Å². The molecule has 2 amide bonds. The molecule has 0 aromatic heterocycles.